The van der Waals surface area contributed by atoms with Crippen LogP contribution in [0.1, 0.15) is 6.42 Å². The summed E-state index contributed by atoms with van der Waals surface area (Å²) in [6.45, 7) is 3.02. The normalized spacial score (nSPS) is 18.6. The van der Waals surface area contributed by atoms with E-state index in [1.807, 2.05) is 23.1 Å². The molecule has 0 radical (unpaired) electrons. The third-order valence-electron chi connectivity index (χ3n) is 5.12. The lowest BCUT2D eigenvalue weighted by atomic mass is 10.2. The van der Waals surface area contributed by atoms with Gasteiger partial charge in [-0.25, -0.2) is 9.98 Å². The molecule has 156 valence electrons. The first-order chi connectivity index (χ1) is 14.6. The van der Waals surface area contributed by atoms with E-state index in [2.05, 4.69) is 25.5 Å². The van der Waals surface area contributed by atoms with Gasteiger partial charge in [-0.15, -0.1) is 0 Å². The van der Waals surface area contributed by atoms with Gasteiger partial charge in [0.2, 0.25) is 11.9 Å². The SMILES string of the molecule is COc1ccc(NC(=O)CC2N=C(N3CCN(c4ccccn4)CC3)NC2=O)cc1. The van der Waals surface area contributed by atoms with Crippen LogP contribution in [-0.4, -0.2) is 67.0 Å². The van der Waals surface area contributed by atoms with E-state index in [1.165, 1.54) is 0 Å². The molecule has 9 heteroatoms. The van der Waals surface area contributed by atoms with E-state index in [0.717, 1.165) is 32.0 Å². The van der Waals surface area contributed by atoms with Crippen LogP contribution in [0.3, 0.4) is 0 Å². The Labute approximate surface area is 174 Å². The fourth-order valence-electron chi connectivity index (χ4n) is 3.48. The van der Waals surface area contributed by atoms with Crippen LogP contribution in [-0.2, 0) is 9.59 Å². The van der Waals surface area contributed by atoms with Crippen molar-refractivity contribution in [2.45, 2.75) is 12.5 Å². The van der Waals surface area contributed by atoms with Crippen molar-refractivity contribution in [1.82, 2.24) is 15.2 Å². The lowest BCUT2D eigenvalue weighted by Crippen LogP contribution is -2.52. The molecule has 0 aliphatic carbocycles. The Balaban J connectivity index is 1.31. The van der Waals surface area contributed by atoms with E-state index in [1.54, 1.807) is 37.6 Å². The van der Waals surface area contributed by atoms with Crippen molar-refractivity contribution in [1.29, 1.82) is 0 Å². The summed E-state index contributed by atoms with van der Waals surface area (Å²) in [5, 5.41) is 5.61. The summed E-state index contributed by atoms with van der Waals surface area (Å²) in [5.41, 5.74) is 0.647. The van der Waals surface area contributed by atoms with Gasteiger partial charge in [0.1, 0.15) is 17.6 Å². The van der Waals surface area contributed by atoms with Crippen LogP contribution in [0.4, 0.5) is 11.5 Å². The van der Waals surface area contributed by atoms with Crippen LogP contribution in [0, 0.1) is 0 Å². The van der Waals surface area contributed by atoms with Crippen molar-refractivity contribution < 1.29 is 14.3 Å². The van der Waals surface area contributed by atoms with Gasteiger partial charge >= 0.3 is 0 Å². The van der Waals surface area contributed by atoms with E-state index in [9.17, 15) is 9.59 Å². The number of anilines is 2. The first-order valence-corrected chi connectivity index (χ1v) is 9.86. The van der Waals surface area contributed by atoms with Gasteiger partial charge in [0.05, 0.1) is 13.5 Å². The van der Waals surface area contributed by atoms with Gasteiger partial charge in [-0.3, -0.25) is 14.9 Å². The van der Waals surface area contributed by atoms with Crippen LogP contribution in [0.5, 0.6) is 5.75 Å². The van der Waals surface area contributed by atoms with Gasteiger partial charge in [0, 0.05) is 38.1 Å². The fourth-order valence-corrected chi connectivity index (χ4v) is 3.48. The maximum absolute atomic E-state index is 12.3. The fraction of sp³-hybridized carbons (Fsp3) is 0.333. The van der Waals surface area contributed by atoms with Crippen molar-refractivity contribution in [3.05, 3.63) is 48.7 Å². The number of methoxy groups -OCH3 is 1. The minimum atomic E-state index is -0.716. The summed E-state index contributed by atoms with van der Waals surface area (Å²) in [7, 11) is 1.58. The first kappa shape index (κ1) is 19.7. The zero-order chi connectivity index (χ0) is 20.9. The molecule has 0 bridgehead atoms. The Morgan fingerprint density at radius 2 is 1.87 bits per heavy atom. The molecular weight excluding hydrogens is 384 g/mol. The van der Waals surface area contributed by atoms with Gasteiger partial charge in [-0.1, -0.05) is 6.07 Å². The Kier molecular flexibility index (Phi) is 5.78. The van der Waals surface area contributed by atoms with Crippen LogP contribution < -0.4 is 20.3 Å². The molecule has 4 rings (SSSR count). The topological polar surface area (TPSA) is 99.2 Å². The van der Waals surface area contributed by atoms with E-state index in [0.29, 0.717) is 17.4 Å². The highest BCUT2D eigenvalue weighted by Crippen LogP contribution is 2.17. The number of pyridine rings is 1. The van der Waals surface area contributed by atoms with Crippen molar-refractivity contribution in [3.63, 3.8) is 0 Å². The first-order valence-electron chi connectivity index (χ1n) is 9.86. The van der Waals surface area contributed by atoms with E-state index >= 15 is 0 Å². The van der Waals surface area contributed by atoms with Gasteiger partial charge < -0.3 is 19.9 Å². The lowest BCUT2D eigenvalue weighted by Gasteiger charge is -2.36. The number of aromatic nitrogens is 1. The molecule has 1 aromatic heterocycles. The number of hydrogen-bond acceptors (Lipinski definition) is 7. The number of nitrogens with one attached hydrogen (secondary N) is 2. The number of ether oxygens (including phenoxy) is 1. The number of amides is 2. The monoisotopic (exact) mass is 408 g/mol. The number of piperazine rings is 1. The van der Waals surface area contributed by atoms with Gasteiger partial charge in [0.25, 0.3) is 5.91 Å². The molecule has 2 aromatic rings. The maximum atomic E-state index is 12.3. The molecule has 2 amide bonds. The minimum Gasteiger partial charge on any atom is -0.497 e. The van der Waals surface area contributed by atoms with Gasteiger partial charge in [0.15, 0.2) is 0 Å². The predicted octanol–water partition coefficient (Wildman–Crippen LogP) is 1.10. The molecule has 1 unspecified atom stereocenters. The number of carbonyl (C=O) groups excluding carboxylic acids is 2. The maximum Gasteiger partial charge on any atom is 0.252 e. The number of carbonyl (C=O) groups is 2. The number of guanidine groups is 1. The highest BCUT2D eigenvalue weighted by Gasteiger charge is 2.32. The minimum absolute atomic E-state index is 0.00470. The van der Waals surface area contributed by atoms with Crippen LogP contribution in [0.15, 0.2) is 53.7 Å². The molecule has 0 saturated carbocycles. The molecule has 1 atom stereocenters. The van der Waals surface area contributed by atoms with Crippen molar-refractivity contribution in [2.75, 3.05) is 43.5 Å². The van der Waals surface area contributed by atoms with Gasteiger partial charge in [-0.05, 0) is 36.4 Å². The van der Waals surface area contributed by atoms with E-state index < -0.39 is 6.04 Å². The summed E-state index contributed by atoms with van der Waals surface area (Å²) < 4.78 is 5.10. The number of rotatable bonds is 5. The van der Waals surface area contributed by atoms with Crippen LogP contribution in [0.2, 0.25) is 0 Å². The van der Waals surface area contributed by atoms with E-state index in [4.69, 9.17) is 4.74 Å². The molecule has 9 nitrogen and oxygen atoms in total. The highest BCUT2D eigenvalue weighted by atomic mass is 16.5. The number of benzene rings is 1. The lowest BCUT2D eigenvalue weighted by molar-refractivity contribution is -0.123. The second-order valence-electron chi connectivity index (χ2n) is 7.10. The smallest absolute Gasteiger partial charge is 0.252 e. The third kappa shape index (κ3) is 4.51. The molecule has 1 aromatic carbocycles. The van der Waals surface area contributed by atoms with Crippen LogP contribution >= 0.6 is 0 Å². The molecule has 2 aliphatic heterocycles. The number of nitrogens with zero attached hydrogens (tertiary/aromatic N) is 4. The Morgan fingerprint density at radius 3 is 2.53 bits per heavy atom. The van der Waals surface area contributed by atoms with Crippen LogP contribution in [0.25, 0.3) is 0 Å². The summed E-state index contributed by atoms with van der Waals surface area (Å²) in [5.74, 6) is 1.69. The molecule has 30 heavy (non-hydrogen) atoms. The van der Waals surface area contributed by atoms with Crippen molar-refractivity contribution in [2.24, 2.45) is 4.99 Å². The highest BCUT2D eigenvalue weighted by molar-refractivity contribution is 6.07. The second-order valence-corrected chi connectivity index (χ2v) is 7.10. The quantitative estimate of drug-likeness (QED) is 0.769. The van der Waals surface area contributed by atoms with Crippen molar-refractivity contribution >= 4 is 29.3 Å². The second kappa shape index (κ2) is 8.81. The standard InChI is InChI=1S/C21H24N6O3/c1-30-16-7-5-15(6-8-16)23-19(28)14-17-20(29)25-21(24-17)27-12-10-26(11-13-27)18-4-2-3-9-22-18/h2-9,17H,10-14H2,1H3,(H,23,28)(H,24,25,29). The summed E-state index contributed by atoms with van der Waals surface area (Å²) in [6, 6.07) is 12.2. The average molecular weight is 408 g/mol. The Bertz CT molecular complexity index is 924. The van der Waals surface area contributed by atoms with Gasteiger partial charge in [-0.2, -0.15) is 0 Å². The number of aliphatic imine (C=N–C) groups is 1. The average Bonchev–Trinajstić information content (AvgIpc) is 3.15. The molecule has 0 spiro atoms. The summed E-state index contributed by atoms with van der Waals surface area (Å²) >= 11 is 0. The molecule has 2 N–H and O–H groups in total. The molecule has 1 saturated heterocycles. The molecule has 2 aliphatic rings. The number of hydrogen-bond donors (Lipinski definition) is 2. The summed E-state index contributed by atoms with van der Waals surface area (Å²) in [4.78, 5) is 37.7. The molecule has 3 heterocycles. The Morgan fingerprint density at radius 1 is 1.13 bits per heavy atom. The summed E-state index contributed by atoms with van der Waals surface area (Å²) in [6.07, 6.45) is 1.78. The van der Waals surface area contributed by atoms with E-state index in [-0.39, 0.29) is 18.2 Å². The largest absolute Gasteiger partial charge is 0.497 e. The van der Waals surface area contributed by atoms with Crippen molar-refractivity contribution in [3.8, 4) is 5.75 Å². The molecular formula is C21H24N6O3. The predicted molar refractivity (Wildman–Crippen MR) is 114 cm³/mol. The third-order valence-corrected chi connectivity index (χ3v) is 5.12. The zero-order valence-corrected chi connectivity index (χ0v) is 16.7. The zero-order valence-electron chi connectivity index (χ0n) is 16.7. The molecule has 1 fully saturated rings. The Hall–Kier alpha value is -3.62.